The number of unbranched alkanes of at least 4 members (excludes halogenated alkanes) is 7. The molecule has 2 unspecified atom stereocenters. The predicted octanol–water partition coefficient (Wildman–Crippen LogP) is 13.4. The van der Waals surface area contributed by atoms with E-state index >= 15 is 0 Å². The van der Waals surface area contributed by atoms with Gasteiger partial charge >= 0.3 is 5.97 Å². The Labute approximate surface area is 274 Å². The average Bonchev–Trinajstić information content (AvgIpc) is 2.98. The van der Waals surface area contributed by atoms with E-state index in [4.69, 9.17) is 4.74 Å². The van der Waals surface area contributed by atoms with Gasteiger partial charge in [-0.1, -0.05) is 190 Å². The van der Waals surface area contributed by atoms with Crippen LogP contribution in [-0.4, -0.2) is 12.6 Å². The molecule has 0 aromatic carbocycles. The fraction of sp³-hybridized carbons (Fsp3) is 0.643. The van der Waals surface area contributed by atoms with E-state index in [9.17, 15) is 4.79 Å². The second-order valence-corrected chi connectivity index (χ2v) is 13.3. The Hall–Kier alpha value is -2.35. The number of hydrogen-bond donors (Lipinski definition) is 0. The van der Waals surface area contributed by atoms with Gasteiger partial charge in [0, 0.05) is 6.08 Å². The summed E-state index contributed by atoms with van der Waals surface area (Å²) in [5, 5.41) is 0. The van der Waals surface area contributed by atoms with Crippen LogP contribution in [-0.2, 0) is 9.53 Å². The molecule has 2 atom stereocenters. The van der Waals surface area contributed by atoms with E-state index in [0.717, 1.165) is 24.2 Å². The van der Waals surface area contributed by atoms with E-state index < -0.39 is 0 Å². The average molecular weight is 607 g/mol. The van der Waals surface area contributed by atoms with Crippen molar-refractivity contribution in [2.45, 2.75) is 151 Å². The molecule has 2 heteroatoms. The molecule has 0 aromatic heterocycles. The van der Waals surface area contributed by atoms with Gasteiger partial charge in [0.2, 0.25) is 0 Å². The molecule has 0 aromatic rings. The molecule has 0 N–H and O–H groups in total. The van der Waals surface area contributed by atoms with Crippen molar-refractivity contribution in [3.63, 3.8) is 0 Å². The predicted molar refractivity (Wildman–Crippen MR) is 197 cm³/mol. The van der Waals surface area contributed by atoms with Crippen molar-refractivity contribution in [3.8, 4) is 0 Å². The monoisotopic (exact) mass is 607 g/mol. The Bertz CT molecular complexity index is 864. The van der Waals surface area contributed by atoms with Crippen LogP contribution in [0, 0.1) is 17.8 Å². The molecular weight excluding hydrogens is 536 g/mol. The summed E-state index contributed by atoms with van der Waals surface area (Å²) in [6.07, 6.45) is 47.9. The lowest BCUT2D eigenvalue weighted by atomic mass is 9.91. The zero-order valence-corrected chi connectivity index (χ0v) is 29.8. The van der Waals surface area contributed by atoms with Crippen molar-refractivity contribution in [1.82, 2.24) is 0 Å². The van der Waals surface area contributed by atoms with Crippen LogP contribution in [0.15, 0.2) is 84.6 Å². The molecular formula is C42H70O2. The van der Waals surface area contributed by atoms with Gasteiger partial charge in [-0.05, 0) is 56.4 Å². The summed E-state index contributed by atoms with van der Waals surface area (Å²) in [6, 6.07) is 0. The molecule has 0 fully saturated rings. The number of ether oxygens (including phenoxy) is 1. The van der Waals surface area contributed by atoms with Gasteiger partial charge in [0.15, 0.2) is 0 Å². The highest BCUT2D eigenvalue weighted by Crippen LogP contribution is 2.22. The first-order chi connectivity index (χ1) is 21.3. The quantitative estimate of drug-likeness (QED) is 0.0291. The molecule has 0 spiro atoms. The van der Waals surface area contributed by atoms with E-state index in [2.05, 4.69) is 59.8 Å². The van der Waals surface area contributed by atoms with Crippen molar-refractivity contribution in [3.05, 3.63) is 84.6 Å². The molecule has 0 aliphatic rings. The summed E-state index contributed by atoms with van der Waals surface area (Å²) in [4.78, 5) is 11.9. The van der Waals surface area contributed by atoms with Crippen molar-refractivity contribution in [1.29, 1.82) is 0 Å². The topological polar surface area (TPSA) is 26.3 Å². The molecule has 0 saturated heterocycles. The summed E-state index contributed by atoms with van der Waals surface area (Å²) in [6.45, 7) is 14.2. The van der Waals surface area contributed by atoms with Crippen molar-refractivity contribution < 1.29 is 9.53 Å². The van der Waals surface area contributed by atoms with E-state index in [1.165, 1.54) is 114 Å². The highest BCUT2D eigenvalue weighted by atomic mass is 16.5. The molecule has 0 rings (SSSR count). The highest BCUT2D eigenvalue weighted by molar-refractivity contribution is 5.82. The van der Waals surface area contributed by atoms with Crippen molar-refractivity contribution in [2.24, 2.45) is 17.8 Å². The minimum Gasteiger partial charge on any atom is -0.458 e. The second kappa shape index (κ2) is 32.1. The third-order valence-corrected chi connectivity index (χ3v) is 8.14. The highest BCUT2D eigenvalue weighted by Gasteiger charge is 2.07. The number of carbonyl (C=O) groups is 1. The number of rotatable bonds is 28. The second-order valence-electron chi connectivity index (χ2n) is 13.3. The van der Waals surface area contributed by atoms with Gasteiger partial charge < -0.3 is 4.74 Å². The molecule has 0 heterocycles. The molecule has 0 aliphatic heterocycles. The standard InChI is InChI=1S/C42H70O2/c1-7-8-9-10-11-12-13-14-15-16-17-18-19-20-21-22-23-24-25-35-42(43)44-37-36-41(6)34-28-33-40(5)32-27-31-39(4)30-26-29-38(2)3/h15-25,35-36,38-40H,7-14,26-34,37H2,1-6H3/b16-15+,18-17+,20-19+,22-21+,24-23+,35-25+,41-36+. The van der Waals surface area contributed by atoms with Gasteiger partial charge in [-0.25, -0.2) is 4.79 Å². The lowest BCUT2D eigenvalue weighted by molar-refractivity contribution is -0.136. The third kappa shape index (κ3) is 32.6. The van der Waals surface area contributed by atoms with Gasteiger partial charge in [0.05, 0.1) is 0 Å². The Morgan fingerprint density at radius 1 is 0.591 bits per heavy atom. The zero-order chi connectivity index (χ0) is 32.5. The number of hydrogen-bond acceptors (Lipinski definition) is 2. The van der Waals surface area contributed by atoms with Crippen LogP contribution in [0.25, 0.3) is 0 Å². The van der Waals surface area contributed by atoms with E-state index in [-0.39, 0.29) is 5.97 Å². The fourth-order valence-corrected chi connectivity index (χ4v) is 5.17. The summed E-state index contributed by atoms with van der Waals surface area (Å²) in [5.41, 5.74) is 1.31. The first-order valence-electron chi connectivity index (χ1n) is 18.2. The Morgan fingerprint density at radius 3 is 1.68 bits per heavy atom. The minimum atomic E-state index is -0.306. The van der Waals surface area contributed by atoms with Crippen LogP contribution in [0.1, 0.15) is 151 Å². The lowest BCUT2D eigenvalue weighted by Gasteiger charge is -2.15. The molecule has 0 bridgehead atoms. The largest absolute Gasteiger partial charge is 0.458 e. The summed E-state index contributed by atoms with van der Waals surface area (Å²) in [7, 11) is 0. The summed E-state index contributed by atoms with van der Waals surface area (Å²) >= 11 is 0. The summed E-state index contributed by atoms with van der Waals surface area (Å²) in [5.74, 6) is 2.19. The smallest absolute Gasteiger partial charge is 0.331 e. The lowest BCUT2D eigenvalue weighted by Crippen LogP contribution is -2.01. The van der Waals surface area contributed by atoms with Gasteiger partial charge in [0.25, 0.3) is 0 Å². The normalized spacial score (nSPS) is 14.6. The van der Waals surface area contributed by atoms with E-state index in [1.807, 2.05) is 48.6 Å². The van der Waals surface area contributed by atoms with Crippen LogP contribution in [0.3, 0.4) is 0 Å². The van der Waals surface area contributed by atoms with E-state index in [0.29, 0.717) is 6.61 Å². The molecule has 44 heavy (non-hydrogen) atoms. The molecule has 0 aliphatic carbocycles. The molecule has 0 radical (unpaired) electrons. The Kier molecular flexibility index (Phi) is 30.3. The van der Waals surface area contributed by atoms with Gasteiger partial charge in [-0.2, -0.15) is 0 Å². The van der Waals surface area contributed by atoms with Crippen LogP contribution in [0.2, 0.25) is 0 Å². The van der Waals surface area contributed by atoms with Gasteiger partial charge in [-0.15, -0.1) is 0 Å². The number of esters is 1. The minimum absolute atomic E-state index is 0.306. The third-order valence-electron chi connectivity index (χ3n) is 8.14. The van der Waals surface area contributed by atoms with Gasteiger partial charge in [0.1, 0.15) is 6.61 Å². The molecule has 250 valence electrons. The SMILES string of the molecule is CCCCCCCCC/C=C/C=C/C=C/C=C/C=C/C=C/C(=O)OC/C=C(\C)CCCC(C)CCCC(C)CCCC(C)C. The molecule has 2 nitrogen and oxygen atoms in total. The van der Waals surface area contributed by atoms with Crippen LogP contribution in [0.4, 0.5) is 0 Å². The maximum absolute atomic E-state index is 11.9. The van der Waals surface area contributed by atoms with E-state index in [1.54, 1.807) is 6.08 Å². The van der Waals surface area contributed by atoms with Crippen molar-refractivity contribution in [2.75, 3.05) is 6.61 Å². The molecule has 0 amide bonds. The molecule has 0 saturated carbocycles. The number of allylic oxidation sites excluding steroid dienone is 12. The Morgan fingerprint density at radius 2 is 1.09 bits per heavy atom. The first-order valence-corrected chi connectivity index (χ1v) is 18.2. The fourth-order valence-electron chi connectivity index (χ4n) is 5.17. The van der Waals surface area contributed by atoms with Crippen LogP contribution < -0.4 is 0 Å². The first kappa shape index (κ1) is 41.7. The maximum atomic E-state index is 11.9. The van der Waals surface area contributed by atoms with Crippen molar-refractivity contribution >= 4 is 5.97 Å². The Balaban J connectivity index is 3.87. The van der Waals surface area contributed by atoms with Crippen LogP contribution in [0.5, 0.6) is 0 Å². The maximum Gasteiger partial charge on any atom is 0.331 e. The number of carbonyl (C=O) groups excluding carboxylic acids is 1. The van der Waals surface area contributed by atoms with Crippen LogP contribution >= 0.6 is 0 Å². The van der Waals surface area contributed by atoms with Gasteiger partial charge in [-0.3, -0.25) is 0 Å². The summed E-state index contributed by atoms with van der Waals surface area (Å²) < 4.78 is 5.32. The zero-order valence-electron chi connectivity index (χ0n) is 29.8.